The first-order chi connectivity index (χ1) is 10.5. The molecule has 22 heavy (non-hydrogen) atoms. The van der Waals surface area contributed by atoms with Crippen LogP contribution < -0.4 is 0 Å². The average molecular weight is 323 g/mol. The molecule has 1 aromatic carbocycles. The van der Waals surface area contributed by atoms with E-state index >= 15 is 0 Å². The van der Waals surface area contributed by atoms with Crippen LogP contribution in [0.25, 0.3) is 11.4 Å². The minimum Gasteiger partial charge on any atom is -0.329 e. The van der Waals surface area contributed by atoms with E-state index < -0.39 is 12.1 Å². The second-order valence-corrected chi connectivity index (χ2v) is 5.31. The van der Waals surface area contributed by atoms with Gasteiger partial charge in [0.25, 0.3) is 0 Å². The van der Waals surface area contributed by atoms with Crippen LogP contribution in [0.1, 0.15) is 5.89 Å². The van der Waals surface area contributed by atoms with Crippen molar-refractivity contribution in [2.24, 2.45) is 0 Å². The molecule has 0 saturated heterocycles. The number of halogens is 3. The molecule has 0 radical (unpaired) electrons. The third kappa shape index (κ3) is 3.28. The maximum absolute atomic E-state index is 12.4. The van der Waals surface area contributed by atoms with Gasteiger partial charge in [-0.25, -0.2) is 4.98 Å². The quantitative estimate of drug-likeness (QED) is 0.719. The van der Waals surface area contributed by atoms with Crippen molar-refractivity contribution >= 4 is 11.8 Å². The first-order valence-corrected chi connectivity index (χ1v) is 6.94. The number of pyridine rings is 1. The van der Waals surface area contributed by atoms with Gasteiger partial charge in [0.1, 0.15) is 5.03 Å². The summed E-state index contributed by atoms with van der Waals surface area (Å²) in [5, 5.41) is 4.03. The van der Waals surface area contributed by atoms with E-state index in [1.54, 1.807) is 12.1 Å². The van der Waals surface area contributed by atoms with Crippen LogP contribution in [0.4, 0.5) is 13.2 Å². The number of hydrogen-bond donors (Lipinski definition) is 0. The largest absolute Gasteiger partial charge is 0.471 e. The minimum absolute atomic E-state index is 0.143. The molecule has 2 heterocycles. The van der Waals surface area contributed by atoms with Gasteiger partial charge >= 0.3 is 12.1 Å². The third-order valence-corrected chi connectivity index (χ3v) is 3.59. The lowest BCUT2D eigenvalue weighted by Gasteiger charge is -2.01. The van der Waals surface area contributed by atoms with Crippen molar-refractivity contribution in [2.75, 3.05) is 0 Å². The van der Waals surface area contributed by atoms with E-state index in [4.69, 9.17) is 0 Å². The molecule has 0 aliphatic heterocycles. The summed E-state index contributed by atoms with van der Waals surface area (Å²) in [6, 6.07) is 12.9. The van der Waals surface area contributed by atoms with Crippen LogP contribution in [0, 0.1) is 0 Å². The predicted octanol–water partition coefficient (Wildman–Crippen LogP) is 4.30. The van der Waals surface area contributed by atoms with Crippen molar-refractivity contribution in [2.45, 2.75) is 16.1 Å². The van der Waals surface area contributed by atoms with Crippen molar-refractivity contribution in [3.63, 3.8) is 0 Å². The molecule has 0 aliphatic rings. The second-order valence-electron chi connectivity index (χ2n) is 4.22. The fraction of sp³-hybridized carbons (Fsp3) is 0.0714. The van der Waals surface area contributed by atoms with Crippen LogP contribution in [-0.2, 0) is 6.18 Å². The maximum atomic E-state index is 12.4. The Kier molecular flexibility index (Phi) is 3.84. The molecular formula is C14H8F3N3OS. The molecule has 0 unspecified atom stereocenters. The maximum Gasteiger partial charge on any atom is 0.471 e. The van der Waals surface area contributed by atoms with E-state index in [1.807, 2.05) is 30.3 Å². The van der Waals surface area contributed by atoms with Crippen LogP contribution >= 0.6 is 11.8 Å². The standard InChI is InChI=1S/C14H8F3N3OS/c15-14(16,17)13-19-12(20-21-13)9-6-7-11(18-8-9)22-10-4-2-1-3-5-10/h1-8H. The normalized spacial score (nSPS) is 11.6. The zero-order valence-corrected chi connectivity index (χ0v) is 11.7. The predicted molar refractivity (Wildman–Crippen MR) is 73.1 cm³/mol. The Morgan fingerprint density at radius 2 is 1.77 bits per heavy atom. The number of nitrogens with zero attached hydrogens (tertiary/aromatic N) is 3. The summed E-state index contributed by atoms with van der Waals surface area (Å²) in [6.07, 6.45) is -3.24. The van der Waals surface area contributed by atoms with Gasteiger partial charge in [-0.15, -0.1) is 0 Å². The summed E-state index contributed by atoms with van der Waals surface area (Å²) in [7, 11) is 0. The van der Waals surface area contributed by atoms with Gasteiger partial charge in [0, 0.05) is 16.7 Å². The van der Waals surface area contributed by atoms with E-state index in [2.05, 4.69) is 19.6 Å². The molecule has 112 valence electrons. The number of benzene rings is 1. The number of alkyl halides is 3. The van der Waals surface area contributed by atoms with Crippen LogP contribution in [-0.4, -0.2) is 15.1 Å². The van der Waals surface area contributed by atoms with Crippen molar-refractivity contribution in [3.05, 3.63) is 54.6 Å². The molecule has 3 rings (SSSR count). The zero-order valence-electron chi connectivity index (χ0n) is 10.9. The SMILES string of the molecule is FC(F)(F)c1nc(-c2ccc(Sc3ccccc3)nc2)no1. The van der Waals surface area contributed by atoms with Crippen molar-refractivity contribution < 1.29 is 17.7 Å². The van der Waals surface area contributed by atoms with Gasteiger partial charge in [-0.3, -0.25) is 0 Å². The summed E-state index contributed by atoms with van der Waals surface area (Å²) in [5.74, 6) is -1.51. The molecule has 0 amide bonds. The lowest BCUT2D eigenvalue weighted by molar-refractivity contribution is -0.159. The summed E-state index contributed by atoms with van der Waals surface area (Å²) >= 11 is 1.45. The molecule has 8 heteroatoms. The highest BCUT2D eigenvalue weighted by Gasteiger charge is 2.38. The Labute approximate surface area is 127 Å². The smallest absolute Gasteiger partial charge is 0.329 e. The molecular weight excluding hydrogens is 315 g/mol. The van der Waals surface area contributed by atoms with E-state index in [1.165, 1.54) is 18.0 Å². The van der Waals surface area contributed by atoms with Gasteiger partial charge in [-0.05, 0) is 24.3 Å². The van der Waals surface area contributed by atoms with Gasteiger partial charge in [-0.1, -0.05) is 35.1 Å². The highest BCUT2D eigenvalue weighted by atomic mass is 32.2. The molecule has 0 aliphatic carbocycles. The van der Waals surface area contributed by atoms with E-state index in [0.717, 1.165) is 9.92 Å². The lowest BCUT2D eigenvalue weighted by atomic mass is 10.3. The van der Waals surface area contributed by atoms with Gasteiger partial charge in [-0.2, -0.15) is 18.2 Å². The molecule has 0 atom stereocenters. The average Bonchev–Trinajstić information content (AvgIpc) is 2.99. The molecule has 2 aromatic heterocycles. The number of aromatic nitrogens is 3. The molecule has 0 saturated carbocycles. The lowest BCUT2D eigenvalue weighted by Crippen LogP contribution is -2.04. The zero-order chi connectivity index (χ0) is 15.6. The fourth-order valence-corrected chi connectivity index (χ4v) is 2.41. The third-order valence-electron chi connectivity index (χ3n) is 2.63. The Hall–Kier alpha value is -2.35. The van der Waals surface area contributed by atoms with Gasteiger partial charge in [0.2, 0.25) is 5.82 Å². The van der Waals surface area contributed by atoms with Crippen LogP contribution in [0.15, 0.2) is 63.1 Å². The van der Waals surface area contributed by atoms with E-state index in [9.17, 15) is 13.2 Å². The Morgan fingerprint density at radius 1 is 1.00 bits per heavy atom. The Balaban J connectivity index is 1.78. The van der Waals surface area contributed by atoms with Crippen LogP contribution in [0.3, 0.4) is 0 Å². The van der Waals surface area contributed by atoms with Crippen LogP contribution in [0.2, 0.25) is 0 Å². The summed E-state index contributed by atoms with van der Waals surface area (Å²) in [5.41, 5.74) is 0.358. The highest BCUT2D eigenvalue weighted by molar-refractivity contribution is 7.99. The first kappa shape index (κ1) is 14.6. The van der Waals surface area contributed by atoms with Gasteiger partial charge < -0.3 is 4.52 Å². The van der Waals surface area contributed by atoms with Gasteiger partial charge in [0.15, 0.2) is 0 Å². The first-order valence-electron chi connectivity index (χ1n) is 6.12. The van der Waals surface area contributed by atoms with Crippen molar-refractivity contribution in [3.8, 4) is 11.4 Å². The monoisotopic (exact) mass is 323 g/mol. The van der Waals surface area contributed by atoms with E-state index in [0.29, 0.717) is 5.56 Å². The molecule has 3 aromatic rings. The summed E-state index contributed by atoms with van der Waals surface area (Å²) in [4.78, 5) is 8.51. The second kappa shape index (κ2) is 5.80. The topological polar surface area (TPSA) is 51.8 Å². The van der Waals surface area contributed by atoms with Crippen molar-refractivity contribution in [1.82, 2.24) is 15.1 Å². The van der Waals surface area contributed by atoms with E-state index in [-0.39, 0.29) is 5.82 Å². The number of hydrogen-bond acceptors (Lipinski definition) is 5. The summed E-state index contributed by atoms with van der Waals surface area (Å²) in [6.45, 7) is 0. The minimum atomic E-state index is -4.65. The molecule has 0 spiro atoms. The van der Waals surface area contributed by atoms with Gasteiger partial charge in [0.05, 0.1) is 0 Å². The van der Waals surface area contributed by atoms with Crippen molar-refractivity contribution in [1.29, 1.82) is 0 Å². The summed E-state index contributed by atoms with van der Waals surface area (Å²) < 4.78 is 41.4. The number of rotatable bonds is 3. The Morgan fingerprint density at radius 3 is 2.36 bits per heavy atom. The highest BCUT2D eigenvalue weighted by Crippen LogP contribution is 2.30. The molecule has 4 nitrogen and oxygen atoms in total. The molecule has 0 N–H and O–H groups in total. The molecule has 0 bridgehead atoms. The van der Waals surface area contributed by atoms with Crippen LogP contribution in [0.5, 0.6) is 0 Å². The molecule has 0 fully saturated rings. The fourth-order valence-electron chi connectivity index (χ4n) is 1.64. The Bertz CT molecular complexity index is 757.